The number of halogens is 2. The van der Waals surface area contributed by atoms with Gasteiger partial charge in [-0.1, -0.05) is 11.3 Å². The summed E-state index contributed by atoms with van der Waals surface area (Å²) in [5, 5.41) is 7.08. The molecule has 0 aliphatic heterocycles. The van der Waals surface area contributed by atoms with Gasteiger partial charge in [0.15, 0.2) is 5.69 Å². The zero-order valence-electron chi connectivity index (χ0n) is 10.7. The zero-order valence-corrected chi connectivity index (χ0v) is 10.7. The molecule has 106 valence electrons. The van der Waals surface area contributed by atoms with Gasteiger partial charge in [0.25, 0.3) is 6.43 Å². The van der Waals surface area contributed by atoms with E-state index in [2.05, 4.69) is 20.0 Å². The van der Waals surface area contributed by atoms with Crippen molar-refractivity contribution in [3.63, 3.8) is 0 Å². The minimum absolute atomic E-state index is 0.0555. The van der Waals surface area contributed by atoms with Gasteiger partial charge in [-0.2, -0.15) is 0 Å². The smallest absolute Gasteiger partial charge is 0.361 e. The van der Waals surface area contributed by atoms with Crippen LogP contribution in [0.4, 0.5) is 8.78 Å². The highest BCUT2D eigenvalue weighted by atomic mass is 19.3. The number of carbonyl (C=O) groups excluding carboxylic acids is 1. The molecule has 2 rings (SSSR count). The number of aromatic nitrogens is 4. The van der Waals surface area contributed by atoms with Gasteiger partial charge in [0.05, 0.1) is 13.2 Å². The van der Waals surface area contributed by atoms with Crippen LogP contribution in [0.1, 0.15) is 35.1 Å². The van der Waals surface area contributed by atoms with Crippen LogP contribution in [0.2, 0.25) is 0 Å². The second kappa shape index (κ2) is 6.18. The van der Waals surface area contributed by atoms with Crippen molar-refractivity contribution < 1.29 is 18.3 Å². The van der Waals surface area contributed by atoms with E-state index in [1.54, 1.807) is 25.3 Å². The third-order valence-corrected chi connectivity index (χ3v) is 2.50. The summed E-state index contributed by atoms with van der Waals surface area (Å²) in [7, 11) is 0. The van der Waals surface area contributed by atoms with Gasteiger partial charge in [0.2, 0.25) is 0 Å². The topological polar surface area (TPSA) is 69.9 Å². The van der Waals surface area contributed by atoms with E-state index < -0.39 is 23.8 Å². The summed E-state index contributed by atoms with van der Waals surface area (Å²) in [5.74, 6) is -0.903. The lowest BCUT2D eigenvalue weighted by molar-refractivity contribution is 0.0506. The molecule has 0 N–H and O–H groups in total. The number of ether oxygens (including phenoxy) is 1. The number of pyridine rings is 1. The standard InChI is InChI=1S/C12H12F2N4O2/c1-2-20-12(19)9-10(11(13)14)18(17-16-9)7-8-4-3-5-15-6-8/h3-6,11H,2,7H2,1H3. The van der Waals surface area contributed by atoms with Crippen LogP contribution >= 0.6 is 0 Å². The van der Waals surface area contributed by atoms with Crippen LogP contribution < -0.4 is 0 Å². The first-order valence-electron chi connectivity index (χ1n) is 5.91. The van der Waals surface area contributed by atoms with Gasteiger partial charge in [0.1, 0.15) is 5.69 Å². The molecule has 2 aromatic heterocycles. The summed E-state index contributed by atoms with van der Waals surface area (Å²) >= 11 is 0. The maximum atomic E-state index is 13.1. The minimum atomic E-state index is -2.87. The highest BCUT2D eigenvalue weighted by Gasteiger charge is 2.27. The van der Waals surface area contributed by atoms with Crippen molar-refractivity contribution in [2.24, 2.45) is 0 Å². The zero-order chi connectivity index (χ0) is 14.5. The molecule has 0 atom stereocenters. The molecule has 0 aromatic carbocycles. The molecule has 8 heteroatoms. The van der Waals surface area contributed by atoms with Crippen LogP contribution in [-0.2, 0) is 11.3 Å². The monoisotopic (exact) mass is 282 g/mol. The second-order valence-corrected chi connectivity index (χ2v) is 3.86. The maximum absolute atomic E-state index is 13.1. The average Bonchev–Trinajstić information content (AvgIpc) is 2.84. The van der Waals surface area contributed by atoms with Gasteiger partial charge < -0.3 is 4.74 Å². The van der Waals surface area contributed by atoms with Crippen molar-refractivity contribution in [1.82, 2.24) is 20.0 Å². The van der Waals surface area contributed by atoms with Gasteiger partial charge >= 0.3 is 5.97 Å². The number of esters is 1. The van der Waals surface area contributed by atoms with E-state index in [1.165, 1.54) is 6.20 Å². The summed E-state index contributed by atoms with van der Waals surface area (Å²) in [6, 6.07) is 3.40. The Hall–Kier alpha value is -2.38. The average molecular weight is 282 g/mol. The highest BCUT2D eigenvalue weighted by molar-refractivity contribution is 5.88. The van der Waals surface area contributed by atoms with Crippen LogP contribution in [0.5, 0.6) is 0 Å². The van der Waals surface area contributed by atoms with Gasteiger partial charge in [-0.15, -0.1) is 5.10 Å². The Kier molecular flexibility index (Phi) is 4.34. The number of carbonyl (C=O) groups is 1. The Balaban J connectivity index is 2.32. The van der Waals surface area contributed by atoms with Crippen LogP contribution in [0.3, 0.4) is 0 Å². The molecule has 20 heavy (non-hydrogen) atoms. The Bertz CT molecular complexity index is 586. The Morgan fingerprint density at radius 2 is 2.30 bits per heavy atom. The first-order valence-corrected chi connectivity index (χ1v) is 5.91. The van der Waals surface area contributed by atoms with Crippen molar-refractivity contribution in [3.8, 4) is 0 Å². The summed E-state index contributed by atoms with van der Waals surface area (Å²) < 4.78 is 31.9. The molecule has 0 bridgehead atoms. The van der Waals surface area contributed by atoms with E-state index in [0.717, 1.165) is 4.68 Å². The fraction of sp³-hybridized carbons (Fsp3) is 0.333. The lowest BCUT2D eigenvalue weighted by Gasteiger charge is -2.06. The van der Waals surface area contributed by atoms with Crippen LogP contribution in [-0.4, -0.2) is 32.6 Å². The molecule has 0 unspecified atom stereocenters. The van der Waals surface area contributed by atoms with Gasteiger partial charge in [-0.05, 0) is 18.6 Å². The molecule has 0 amide bonds. The molecular weight excluding hydrogens is 270 g/mol. The third-order valence-electron chi connectivity index (χ3n) is 2.50. The largest absolute Gasteiger partial charge is 0.461 e. The number of rotatable bonds is 5. The lowest BCUT2D eigenvalue weighted by Crippen LogP contribution is -2.12. The first kappa shape index (κ1) is 14.0. The van der Waals surface area contributed by atoms with Gasteiger partial charge in [-0.3, -0.25) is 4.98 Å². The van der Waals surface area contributed by atoms with Crippen LogP contribution in [0.15, 0.2) is 24.5 Å². The quantitative estimate of drug-likeness (QED) is 0.782. The van der Waals surface area contributed by atoms with E-state index in [4.69, 9.17) is 0 Å². The lowest BCUT2D eigenvalue weighted by atomic mass is 10.2. The summed E-state index contributed by atoms with van der Waals surface area (Å²) in [6.07, 6.45) is 0.227. The predicted molar refractivity (Wildman–Crippen MR) is 64.3 cm³/mol. The molecule has 2 aromatic rings. The Morgan fingerprint density at radius 1 is 1.50 bits per heavy atom. The number of alkyl halides is 2. The van der Waals surface area contributed by atoms with Crippen LogP contribution in [0, 0.1) is 0 Å². The van der Waals surface area contributed by atoms with E-state index in [0.29, 0.717) is 5.56 Å². The SMILES string of the molecule is CCOC(=O)c1nnn(Cc2cccnc2)c1C(F)F. The summed E-state index contributed by atoms with van der Waals surface area (Å²) in [6.45, 7) is 1.72. The normalized spacial score (nSPS) is 10.8. The van der Waals surface area contributed by atoms with Crippen molar-refractivity contribution >= 4 is 5.97 Å². The fourth-order valence-corrected chi connectivity index (χ4v) is 1.66. The van der Waals surface area contributed by atoms with Gasteiger partial charge in [0, 0.05) is 12.4 Å². The van der Waals surface area contributed by atoms with Crippen molar-refractivity contribution in [1.29, 1.82) is 0 Å². The molecule has 0 fully saturated rings. The molecule has 6 nitrogen and oxygen atoms in total. The van der Waals surface area contributed by atoms with E-state index >= 15 is 0 Å². The Morgan fingerprint density at radius 3 is 2.90 bits per heavy atom. The number of nitrogens with zero attached hydrogens (tertiary/aromatic N) is 4. The Labute approximate surface area is 113 Å². The molecular formula is C12H12F2N4O2. The molecule has 0 aliphatic carbocycles. The molecule has 0 saturated heterocycles. The molecule has 0 radical (unpaired) electrons. The van der Waals surface area contributed by atoms with Crippen LogP contribution in [0.25, 0.3) is 0 Å². The summed E-state index contributed by atoms with van der Waals surface area (Å²) in [5.41, 5.74) is -0.326. The minimum Gasteiger partial charge on any atom is -0.461 e. The molecule has 2 heterocycles. The van der Waals surface area contributed by atoms with E-state index in [9.17, 15) is 13.6 Å². The van der Waals surface area contributed by atoms with Crippen molar-refractivity contribution in [2.45, 2.75) is 19.9 Å². The summed E-state index contributed by atoms with van der Waals surface area (Å²) in [4.78, 5) is 15.4. The van der Waals surface area contributed by atoms with E-state index in [-0.39, 0.29) is 13.2 Å². The molecule has 0 spiro atoms. The van der Waals surface area contributed by atoms with Crippen molar-refractivity contribution in [3.05, 3.63) is 41.5 Å². The predicted octanol–water partition coefficient (Wildman–Crippen LogP) is 1.84. The maximum Gasteiger partial charge on any atom is 0.361 e. The van der Waals surface area contributed by atoms with Gasteiger partial charge in [-0.25, -0.2) is 18.3 Å². The molecule has 0 saturated carbocycles. The third kappa shape index (κ3) is 2.95. The number of hydrogen-bond donors (Lipinski definition) is 0. The van der Waals surface area contributed by atoms with E-state index in [1.807, 2.05) is 0 Å². The molecule has 0 aliphatic rings. The van der Waals surface area contributed by atoms with Crippen molar-refractivity contribution in [2.75, 3.05) is 6.61 Å². The first-order chi connectivity index (χ1) is 9.63. The fourth-order valence-electron chi connectivity index (χ4n) is 1.66. The second-order valence-electron chi connectivity index (χ2n) is 3.86. The number of hydrogen-bond acceptors (Lipinski definition) is 5. The highest BCUT2D eigenvalue weighted by Crippen LogP contribution is 2.22.